The fourth-order valence-electron chi connectivity index (χ4n) is 1.77. The Morgan fingerprint density at radius 2 is 1.82 bits per heavy atom. The number of hydrazone groups is 1. The molecule has 0 spiro atoms. The molecule has 2 N–H and O–H groups in total. The van der Waals surface area contributed by atoms with E-state index in [0.717, 1.165) is 0 Å². The minimum atomic E-state index is -0.993. The average molecular weight is 298 g/mol. The van der Waals surface area contributed by atoms with Crippen LogP contribution < -0.4 is 10.2 Å². The van der Waals surface area contributed by atoms with E-state index >= 15 is 0 Å². The molecule has 2 aromatic rings. The lowest BCUT2D eigenvalue weighted by Gasteiger charge is -2.05. The SMILES string of the molecule is COc1ccccc1C(=O)N/N=C/c1ccc(C(=O)O)cc1. The Morgan fingerprint density at radius 1 is 1.14 bits per heavy atom. The van der Waals surface area contributed by atoms with Crippen LogP contribution >= 0.6 is 0 Å². The van der Waals surface area contributed by atoms with Crippen molar-refractivity contribution in [2.45, 2.75) is 0 Å². The normalized spacial score (nSPS) is 10.4. The third-order valence-electron chi connectivity index (χ3n) is 2.89. The Labute approximate surface area is 127 Å². The molecule has 6 heteroatoms. The van der Waals surface area contributed by atoms with Crippen molar-refractivity contribution < 1.29 is 19.4 Å². The Kier molecular flexibility index (Phi) is 4.87. The van der Waals surface area contributed by atoms with Gasteiger partial charge in [-0.3, -0.25) is 4.79 Å². The smallest absolute Gasteiger partial charge is 0.335 e. The van der Waals surface area contributed by atoms with Crippen molar-refractivity contribution in [3.8, 4) is 5.75 Å². The number of aromatic carboxylic acids is 1. The number of carboxylic acid groups (broad SMARTS) is 1. The molecule has 22 heavy (non-hydrogen) atoms. The van der Waals surface area contributed by atoms with Crippen molar-refractivity contribution in [3.05, 3.63) is 65.2 Å². The monoisotopic (exact) mass is 298 g/mol. The lowest BCUT2D eigenvalue weighted by Crippen LogP contribution is -2.18. The van der Waals surface area contributed by atoms with E-state index in [2.05, 4.69) is 10.5 Å². The zero-order valence-corrected chi connectivity index (χ0v) is 11.8. The number of carbonyl (C=O) groups excluding carboxylic acids is 1. The standard InChI is InChI=1S/C16H14N2O4/c1-22-14-5-3-2-4-13(14)15(19)18-17-10-11-6-8-12(9-7-11)16(20)21/h2-10H,1H3,(H,18,19)(H,20,21)/b17-10+. The molecule has 0 saturated carbocycles. The molecule has 0 bridgehead atoms. The van der Waals surface area contributed by atoms with Crippen LogP contribution in [-0.2, 0) is 0 Å². The molecule has 0 heterocycles. The number of methoxy groups -OCH3 is 1. The number of hydrogen-bond donors (Lipinski definition) is 2. The molecule has 0 radical (unpaired) electrons. The molecule has 0 aliphatic carbocycles. The number of benzene rings is 2. The molecular weight excluding hydrogens is 284 g/mol. The van der Waals surface area contributed by atoms with E-state index in [-0.39, 0.29) is 5.56 Å². The second-order valence-electron chi connectivity index (χ2n) is 4.33. The first-order chi connectivity index (χ1) is 10.6. The number of ether oxygens (including phenoxy) is 1. The molecule has 0 aromatic heterocycles. The summed E-state index contributed by atoms with van der Waals surface area (Å²) < 4.78 is 5.10. The van der Waals surface area contributed by atoms with Gasteiger partial charge in [-0.15, -0.1) is 0 Å². The Bertz CT molecular complexity index is 708. The van der Waals surface area contributed by atoms with E-state index in [9.17, 15) is 9.59 Å². The lowest BCUT2D eigenvalue weighted by atomic mass is 10.1. The zero-order valence-electron chi connectivity index (χ0n) is 11.8. The van der Waals surface area contributed by atoms with Gasteiger partial charge in [-0.25, -0.2) is 10.2 Å². The van der Waals surface area contributed by atoms with Crippen LogP contribution in [0.4, 0.5) is 0 Å². The van der Waals surface area contributed by atoms with Crippen molar-refractivity contribution in [1.82, 2.24) is 5.43 Å². The second-order valence-corrected chi connectivity index (χ2v) is 4.33. The summed E-state index contributed by atoms with van der Waals surface area (Å²) in [5.74, 6) is -0.926. The molecule has 2 aromatic carbocycles. The zero-order chi connectivity index (χ0) is 15.9. The highest BCUT2D eigenvalue weighted by Crippen LogP contribution is 2.16. The first-order valence-corrected chi connectivity index (χ1v) is 6.41. The summed E-state index contributed by atoms with van der Waals surface area (Å²) in [6.07, 6.45) is 1.43. The Morgan fingerprint density at radius 3 is 2.45 bits per heavy atom. The number of hydrogen-bond acceptors (Lipinski definition) is 4. The van der Waals surface area contributed by atoms with Gasteiger partial charge in [0, 0.05) is 0 Å². The summed E-state index contributed by atoms with van der Waals surface area (Å²) in [4.78, 5) is 22.7. The summed E-state index contributed by atoms with van der Waals surface area (Å²) in [6, 6.07) is 12.9. The summed E-state index contributed by atoms with van der Waals surface area (Å²) in [5.41, 5.74) is 3.63. The maximum absolute atomic E-state index is 12.0. The van der Waals surface area contributed by atoms with Gasteiger partial charge in [0.15, 0.2) is 0 Å². The van der Waals surface area contributed by atoms with E-state index in [1.54, 1.807) is 36.4 Å². The third-order valence-corrected chi connectivity index (χ3v) is 2.89. The molecule has 0 aliphatic rings. The molecule has 0 aliphatic heterocycles. The molecule has 0 saturated heterocycles. The van der Waals surface area contributed by atoms with Gasteiger partial charge in [0.25, 0.3) is 5.91 Å². The third kappa shape index (κ3) is 3.69. The Hall–Kier alpha value is -3.15. The van der Waals surface area contributed by atoms with Crippen molar-refractivity contribution in [3.63, 3.8) is 0 Å². The van der Waals surface area contributed by atoms with Crippen LogP contribution in [0, 0.1) is 0 Å². The van der Waals surface area contributed by atoms with Gasteiger partial charge in [-0.2, -0.15) is 5.10 Å². The van der Waals surface area contributed by atoms with Gasteiger partial charge >= 0.3 is 5.97 Å². The summed E-state index contributed by atoms with van der Waals surface area (Å²) in [6.45, 7) is 0. The minimum Gasteiger partial charge on any atom is -0.496 e. The highest BCUT2D eigenvalue weighted by atomic mass is 16.5. The molecule has 112 valence electrons. The quantitative estimate of drug-likeness (QED) is 0.654. The van der Waals surface area contributed by atoms with Gasteiger partial charge in [-0.1, -0.05) is 24.3 Å². The number of nitrogens with zero attached hydrogens (tertiary/aromatic N) is 1. The van der Waals surface area contributed by atoms with Crippen LogP contribution in [0.3, 0.4) is 0 Å². The summed E-state index contributed by atoms with van der Waals surface area (Å²) >= 11 is 0. The maximum Gasteiger partial charge on any atom is 0.335 e. The number of amides is 1. The van der Waals surface area contributed by atoms with Crippen LogP contribution in [0.5, 0.6) is 5.75 Å². The average Bonchev–Trinajstić information content (AvgIpc) is 2.55. The lowest BCUT2D eigenvalue weighted by molar-refractivity contribution is 0.0696. The van der Waals surface area contributed by atoms with E-state index in [1.807, 2.05) is 0 Å². The van der Waals surface area contributed by atoms with Gasteiger partial charge in [0.1, 0.15) is 5.75 Å². The van der Waals surface area contributed by atoms with Crippen molar-refractivity contribution in [2.24, 2.45) is 5.10 Å². The molecular formula is C16H14N2O4. The van der Waals surface area contributed by atoms with E-state index in [4.69, 9.17) is 9.84 Å². The van der Waals surface area contributed by atoms with E-state index in [1.165, 1.54) is 25.5 Å². The molecule has 0 fully saturated rings. The summed E-state index contributed by atoms with van der Waals surface area (Å²) in [5, 5.41) is 12.6. The van der Waals surface area contributed by atoms with Crippen LogP contribution in [0.25, 0.3) is 0 Å². The van der Waals surface area contributed by atoms with Crippen molar-refractivity contribution in [1.29, 1.82) is 0 Å². The van der Waals surface area contributed by atoms with Crippen LogP contribution in [0.2, 0.25) is 0 Å². The summed E-state index contributed by atoms with van der Waals surface area (Å²) in [7, 11) is 1.49. The molecule has 6 nitrogen and oxygen atoms in total. The first-order valence-electron chi connectivity index (χ1n) is 6.41. The topological polar surface area (TPSA) is 88.0 Å². The number of carboxylic acids is 1. The van der Waals surface area contributed by atoms with Gasteiger partial charge in [0.05, 0.1) is 24.5 Å². The Balaban J connectivity index is 2.02. The molecule has 0 atom stereocenters. The van der Waals surface area contributed by atoms with E-state index < -0.39 is 11.9 Å². The predicted octanol–water partition coefficient (Wildman–Crippen LogP) is 2.16. The largest absolute Gasteiger partial charge is 0.496 e. The van der Waals surface area contributed by atoms with Crippen LogP contribution in [0.15, 0.2) is 53.6 Å². The molecule has 2 rings (SSSR count). The van der Waals surface area contributed by atoms with E-state index in [0.29, 0.717) is 16.9 Å². The fourth-order valence-corrected chi connectivity index (χ4v) is 1.77. The predicted molar refractivity (Wildman–Crippen MR) is 81.5 cm³/mol. The molecule has 1 amide bonds. The highest BCUT2D eigenvalue weighted by Gasteiger charge is 2.09. The van der Waals surface area contributed by atoms with Crippen molar-refractivity contribution in [2.75, 3.05) is 7.11 Å². The minimum absolute atomic E-state index is 0.190. The van der Waals surface area contributed by atoms with Gasteiger partial charge in [-0.05, 0) is 29.8 Å². The van der Waals surface area contributed by atoms with Crippen molar-refractivity contribution >= 4 is 18.1 Å². The maximum atomic E-state index is 12.0. The number of rotatable bonds is 5. The fraction of sp³-hybridized carbons (Fsp3) is 0.0625. The highest BCUT2D eigenvalue weighted by molar-refractivity contribution is 5.97. The second kappa shape index (κ2) is 7.03. The van der Waals surface area contributed by atoms with Crippen LogP contribution in [-0.4, -0.2) is 30.3 Å². The van der Waals surface area contributed by atoms with Gasteiger partial charge < -0.3 is 9.84 Å². The number of para-hydroxylation sites is 1. The van der Waals surface area contributed by atoms with Crippen LogP contribution in [0.1, 0.15) is 26.3 Å². The number of carbonyl (C=O) groups is 2. The number of nitrogens with one attached hydrogen (secondary N) is 1. The first kappa shape index (κ1) is 15.2. The molecule has 0 unspecified atom stereocenters. The van der Waals surface area contributed by atoms with Gasteiger partial charge in [0.2, 0.25) is 0 Å².